The van der Waals surface area contributed by atoms with E-state index in [0.717, 1.165) is 49.8 Å². The van der Waals surface area contributed by atoms with Crippen molar-refractivity contribution >= 4 is 43.7 Å². The maximum absolute atomic E-state index is 6.51. The van der Waals surface area contributed by atoms with Gasteiger partial charge in [-0.2, -0.15) is 0 Å². The summed E-state index contributed by atoms with van der Waals surface area (Å²) in [5.74, 6) is 1.86. The highest BCUT2D eigenvalue weighted by Crippen LogP contribution is 2.61. The second-order valence-electron chi connectivity index (χ2n) is 17.7. The minimum Gasteiger partial charge on any atom is -0.456 e. The lowest BCUT2D eigenvalue weighted by Gasteiger charge is -2.44. The number of fused-ring (bicyclic) bond motifs is 7. The van der Waals surface area contributed by atoms with Gasteiger partial charge in [-0.15, -0.1) is 0 Å². The summed E-state index contributed by atoms with van der Waals surface area (Å²) in [5, 5.41) is 4.46. The fourth-order valence-corrected chi connectivity index (χ4v) is 9.74. The zero-order chi connectivity index (χ0) is 40.3. The van der Waals surface area contributed by atoms with Crippen molar-refractivity contribution in [3.63, 3.8) is 0 Å². The molecule has 59 heavy (non-hydrogen) atoms. The van der Waals surface area contributed by atoms with Crippen LogP contribution in [0.15, 0.2) is 162 Å². The molecule has 0 spiro atoms. The summed E-state index contributed by atoms with van der Waals surface area (Å²) in [6.07, 6.45) is 0. The first kappa shape index (κ1) is 35.3. The largest absolute Gasteiger partial charge is 0.456 e. The van der Waals surface area contributed by atoms with Crippen LogP contribution in [0, 0.1) is 5.41 Å². The SMILES string of the molecule is CC1(C)c2ccc(-n3c4ccccc4c4cc(-c5ccc6oc7cccc(-c8nc(-c9ccccc9)nc(-c9ccccc9)n8)c7c6c5)ccc43)cc2C(C)(C)C1(C)C. The Hall–Kier alpha value is -6.85. The zero-order valence-electron chi connectivity index (χ0n) is 34.2. The predicted octanol–water partition coefficient (Wildman–Crippen LogP) is 14.1. The summed E-state index contributed by atoms with van der Waals surface area (Å²) in [7, 11) is 0. The van der Waals surface area contributed by atoms with Gasteiger partial charge in [-0.3, -0.25) is 0 Å². The third kappa shape index (κ3) is 5.13. The van der Waals surface area contributed by atoms with E-state index in [2.05, 4.69) is 131 Å². The molecule has 1 aliphatic carbocycles. The molecule has 0 unspecified atom stereocenters. The van der Waals surface area contributed by atoms with Gasteiger partial charge in [0.2, 0.25) is 0 Å². The Morgan fingerprint density at radius 1 is 0.424 bits per heavy atom. The Bertz CT molecular complexity index is 3240. The van der Waals surface area contributed by atoms with E-state index in [9.17, 15) is 0 Å². The maximum Gasteiger partial charge on any atom is 0.164 e. The molecule has 0 fully saturated rings. The van der Waals surface area contributed by atoms with E-state index in [-0.39, 0.29) is 16.2 Å². The van der Waals surface area contributed by atoms with Gasteiger partial charge in [0.15, 0.2) is 17.5 Å². The number of hydrogen-bond donors (Lipinski definition) is 0. The maximum atomic E-state index is 6.51. The van der Waals surface area contributed by atoms with Gasteiger partial charge in [0.25, 0.3) is 0 Å². The molecule has 286 valence electrons. The van der Waals surface area contributed by atoms with E-state index in [0.29, 0.717) is 17.5 Å². The van der Waals surface area contributed by atoms with Gasteiger partial charge < -0.3 is 8.98 Å². The van der Waals surface area contributed by atoms with Crippen LogP contribution in [0.4, 0.5) is 0 Å². The van der Waals surface area contributed by atoms with Crippen molar-refractivity contribution in [3.8, 4) is 51.0 Å². The number of benzene rings is 7. The standard InChI is InChI=1S/C54H44N4O/c1-52(2)42-27-26-37(32-43(42)53(3,4)54(52,5)6)58-44-22-14-13-20-38(44)40-30-35(24-28-45(40)58)36-25-29-46-41(31-36)48-39(21-15-23-47(48)59-46)51-56-49(33-16-9-7-10-17-33)55-50(57-51)34-18-11-8-12-19-34/h7-32H,1-6H3. The van der Waals surface area contributed by atoms with Gasteiger partial charge in [0, 0.05) is 43.9 Å². The van der Waals surface area contributed by atoms with E-state index in [1.807, 2.05) is 72.8 Å². The highest BCUT2D eigenvalue weighted by Gasteiger charge is 2.56. The van der Waals surface area contributed by atoms with Crippen molar-refractivity contribution in [1.82, 2.24) is 19.5 Å². The molecular weight excluding hydrogens is 721 g/mol. The first-order chi connectivity index (χ1) is 28.5. The van der Waals surface area contributed by atoms with Crippen LogP contribution in [-0.2, 0) is 10.8 Å². The number of para-hydroxylation sites is 1. The minimum absolute atomic E-state index is 0.0153. The van der Waals surface area contributed by atoms with E-state index in [1.54, 1.807) is 0 Å². The number of rotatable bonds is 5. The topological polar surface area (TPSA) is 56.7 Å². The molecule has 3 heterocycles. The molecule has 11 rings (SSSR count). The summed E-state index contributed by atoms with van der Waals surface area (Å²) < 4.78 is 8.96. The molecule has 1 aliphatic rings. The quantitative estimate of drug-likeness (QED) is 0.175. The first-order valence-electron chi connectivity index (χ1n) is 20.5. The number of furan rings is 1. The summed E-state index contributed by atoms with van der Waals surface area (Å²) in [5.41, 5.74) is 13.3. The van der Waals surface area contributed by atoms with Crippen molar-refractivity contribution in [3.05, 3.63) is 169 Å². The Morgan fingerprint density at radius 3 is 1.73 bits per heavy atom. The first-order valence-corrected chi connectivity index (χ1v) is 20.5. The molecule has 3 aromatic heterocycles. The van der Waals surface area contributed by atoms with Gasteiger partial charge in [0.1, 0.15) is 11.2 Å². The molecule has 0 radical (unpaired) electrons. The van der Waals surface area contributed by atoms with E-state index < -0.39 is 0 Å². The number of hydrogen-bond acceptors (Lipinski definition) is 4. The average molecular weight is 765 g/mol. The van der Waals surface area contributed by atoms with Crippen molar-refractivity contribution < 1.29 is 4.42 Å². The third-order valence-electron chi connectivity index (χ3n) is 14.2. The van der Waals surface area contributed by atoms with Gasteiger partial charge in [-0.25, -0.2) is 15.0 Å². The van der Waals surface area contributed by atoms with Crippen molar-refractivity contribution in [2.24, 2.45) is 5.41 Å². The lowest BCUT2D eigenvalue weighted by Crippen LogP contribution is -2.42. The molecule has 0 atom stereocenters. The monoisotopic (exact) mass is 764 g/mol. The molecule has 0 saturated heterocycles. The average Bonchev–Trinajstić information content (AvgIpc) is 3.84. The Labute approximate surface area is 344 Å². The summed E-state index contributed by atoms with van der Waals surface area (Å²) in [4.78, 5) is 15.1. The lowest BCUT2D eigenvalue weighted by atomic mass is 9.59. The molecule has 0 bridgehead atoms. The molecule has 5 nitrogen and oxygen atoms in total. The molecule has 0 amide bonds. The van der Waals surface area contributed by atoms with Crippen molar-refractivity contribution in [2.75, 3.05) is 0 Å². The van der Waals surface area contributed by atoms with Crippen molar-refractivity contribution in [2.45, 2.75) is 52.4 Å². The molecule has 7 aromatic carbocycles. The molecule has 5 heteroatoms. The van der Waals surface area contributed by atoms with Crippen LogP contribution >= 0.6 is 0 Å². The summed E-state index contributed by atoms with van der Waals surface area (Å²) in [6, 6.07) is 55.7. The van der Waals surface area contributed by atoms with Crippen LogP contribution < -0.4 is 0 Å². The third-order valence-corrected chi connectivity index (χ3v) is 14.2. The number of nitrogens with zero attached hydrogens (tertiary/aromatic N) is 4. The highest BCUT2D eigenvalue weighted by molar-refractivity contribution is 6.14. The zero-order valence-corrected chi connectivity index (χ0v) is 34.2. The molecular formula is C54H44N4O. The predicted molar refractivity (Wildman–Crippen MR) is 243 cm³/mol. The van der Waals surface area contributed by atoms with Crippen LogP contribution in [0.25, 0.3) is 94.7 Å². The molecule has 0 saturated carbocycles. The van der Waals surface area contributed by atoms with E-state index in [1.165, 1.54) is 38.6 Å². The van der Waals surface area contributed by atoms with Crippen LogP contribution in [0.1, 0.15) is 52.7 Å². The molecule has 10 aromatic rings. The van der Waals surface area contributed by atoms with Crippen LogP contribution in [-0.4, -0.2) is 19.5 Å². The molecule has 0 aliphatic heterocycles. The van der Waals surface area contributed by atoms with Gasteiger partial charge in [-0.1, -0.05) is 151 Å². The smallest absolute Gasteiger partial charge is 0.164 e. The van der Waals surface area contributed by atoms with Gasteiger partial charge in [0.05, 0.1) is 11.0 Å². The van der Waals surface area contributed by atoms with Crippen LogP contribution in [0.3, 0.4) is 0 Å². The van der Waals surface area contributed by atoms with Gasteiger partial charge in [-0.05, 0) is 87.0 Å². The minimum atomic E-state index is 0.0153. The van der Waals surface area contributed by atoms with E-state index >= 15 is 0 Å². The summed E-state index contributed by atoms with van der Waals surface area (Å²) >= 11 is 0. The van der Waals surface area contributed by atoms with Gasteiger partial charge >= 0.3 is 0 Å². The Kier molecular flexibility index (Phi) is 7.53. The molecule has 0 N–H and O–H groups in total. The van der Waals surface area contributed by atoms with Crippen molar-refractivity contribution in [1.29, 1.82) is 0 Å². The number of aromatic nitrogens is 4. The Morgan fingerprint density at radius 2 is 1.02 bits per heavy atom. The van der Waals surface area contributed by atoms with Crippen LogP contribution in [0.5, 0.6) is 0 Å². The normalized spacial score (nSPS) is 15.4. The second-order valence-corrected chi connectivity index (χ2v) is 17.7. The van der Waals surface area contributed by atoms with Crippen LogP contribution in [0.2, 0.25) is 0 Å². The fraction of sp³-hybridized carbons (Fsp3) is 0.167. The summed E-state index contributed by atoms with van der Waals surface area (Å²) in [6.45, 7) is 14.5. The lowest BCUT2D eigenvalue weighted by molar-refractivity contribution is 0.125. The van der Waals surface area contributed by atoms with E-state index in [4.69, 9.17) is 19.4 Å². The second kappa shape index (κ2) is 12.6. The fourth-order valence-electron chi connectivity index (χ4n) is 9.74. The highest BCUT2D eigenvalue weighted by atomic mass is 16.3. The Balaban J connectivity index is 1.07.